The zero-order valence-electron chi connectivity index (χ0n) is 19.4. The van der Waals surface area contributed by atoms with Gasteiger partial charge in [0.2, 0.25) is 0 Å². The van der Waals surface area contributed by atoms with Gasteiger partial charge in [-0.15, -0.1) is 0 Å². The summed E-state index contributed by atoms with van der Waals surface area (Å²) in [4.78, 5) is 25.7. The van der Waals surface area contributed by atoms with Crippen LogP contribution in [0.2, 0.25) is 0 Å². The Kier molecular flexibility index (Phi) is 5.82. The Labute approximate surface area is 206 Å². The first-order chi connectivity index (χ1) is 17.6. The van der Waals surface area contributed by atoms with E-state index >= 15 is 0 Å². The Morgan fingerprint density at radius 1 is 1.06 bits per heavy atom. The van der Waals surface area contributed by atoms with Crippen molar-refractivity contribution in [3.8, 4) is 11.3 Å². The fourth-order valence-electron chi connectivity index (χ4n) is 4.48. The zero-order valence-corrected chi connectivity index (χ0v) is 19.4. The monoisotopic (exact) mass is 482 g/mol. The minimum Gasteiger partial charge on any atom is -0.381 e. The van der Waals surface area contributed by atoms with Crippen molar-refractivity contribution in [1.82, 2.24) is 29.9 Å². The minimum atomic E-state index is -0.602. The summed E-state index contributed by atoms with van der Waals surface area (Å²) < 4.78 is 21.9. The number of benzene rings is 2. The van der Waals surface area contributed by atoms with E-state index in [0.29, 0.717) is 36.7 Å². The third kappa shape index (κ3) is 4.40. The number of imidazole rings is 1. The highest BCUT2D eigenvalue weighted by Gasteiger charge is 2.20. The molecular weight excluding hydrogens is 459 g/mol. The second-order valence-corrected chi connectivity index (χ2v) is 8.87. The van der Waals surface area contributed by atoms with Gasteiger partial charge in [0.15, 0.2) is 0 Å². The number of halogens is 1. The van der Waals surface area contributed by atoms with Gasteiger partial charge in [-0.05, 0) is 48.7 Å². The van der Waals surface area contributed by atoms with E-state index in [0.717, 1.165) is 35.0 Å². The molecular formula is C27H23FN6O2. The van der Waals surface area contributed by atoms with Crippen molar-refractivity contribution in [2.24, 2.45) is 0 Å². The number of nitrogens with one attached hydrogen (secondary N) is 1. The fourth-order valence-corrected chi connectivity index (χ4v) is 4.48. The summed E-state index contributed by atoms with van der Waals surface area (Å²) in [5.41, 5.74) is 3.91. The highest BCUT2D eigenvalue weighted by Crippen LogP contribution is 2.22. The molecule has 0 spiro atoms. The number of aromatic nitrogens is 5. The molecule has 1 aliphatic rings. The van der Waals surface area contributed by atoms with E-state index in [1.165, 1.54) is 12.1 Å². The molecule has 0 saturated carbocycles. The average Bonchev–Trinajstić information content (AvgIpc) is 3.31. The van der Waals surface area contributed by atoms with Crippen LogP contribution >= 0.6 is 0 Å². The minimum absolute atomic E-state index is 0.00266. The number of fused-ring (bicyclic) bond motifs is 2. The third-order valence-electron chi connectivity index (χ3n) is 6.42. The lowest BCUT2D eigenvalue weighted by molar-refractivity contribution is 0.0694. The Balaban J connectivity index is 1.25. The lowest BCUT2D eigenvalue weighted by atomic mass is 10.1. The SMILES string of the molecule is O=C(NC1CCOCC1)c1ccc(-c2cnc3ncc(Cc4ccc5ncccc5c4)n3n2)cc1F. The highest BCUT2D eigenvalue weighted by molar-refractivity contribution is 5.95. The largest absolute Gasteiger partial charge is 0.381 e. The molecule has 5 aromatic rings. The molecule has 0 aliphatic carbocycles. The summed E-state index contributed by atoms with van der Waals surface area (Å²) in [6.07, 6.45) is 7.14. The van der Waals surface area contributed by atoms with Gasteiger partial charge in [0.05, 0.1) is 29.2 Å². The van der Waals surface area contributed by atoms with Crippen LogP contribution < -0.4 is 5.32 Å². The molecule has 1 amide bonds. The Morgan fingerprint density at radius 2 is 1.92 bits per heavy atom. The number of hydrogen-bond acceptors (Lipinski definition) is 6. The molecule has 0 bridgehead atoms. The van der Waals surface area contributed by atoms with E-state index < -0.39 is 11.7 Å². The van der Waals surface area contributed by atoms with Crippen LogP contribution in [0.5, 0.6) is 0 Å². The Hall–Kier alpha value is -4.24. The predicted molar refractivity (Wildman–Crippen MR) is 132 cm³/mol. The lowest BCUT2D eigenvalue weighted by Gasteiger charge is -2.23. The van der Waals surface area contributed by atoms with Gasteiger partial charge in [-0.3, -0.25) is 9.78 Å². The fraction of sp³-hybridized carbons (Fsp3) is 0.222. The maximum absolute atomic E-state index is 14.9. The summed E-state index contributed by atoms with van der Waals surface area (Å²) in [7, 11) is 0. The first-order valence-corrected chi connectivity index (χ1v) is 11.9. The molecule has 9 heteroatoms. The quantitative estimate of drug-likeness (QED) is 0.407. The van der Waals surface area contributed by atoms with Crippen molar-refractivity contribution in [1.29, 1.82) is 0 Å². The van der Waals surface area contributed by atoms with Crippen molar-refractivity contribution >= 4 is 22.6 Å². The molecule has 1 aliphatic heterocycles. The van der Waals surface area contributed by atoms with Crippen LogP contribution in [0.25, 0.3) is 27.9 Å². The highest BCUT2D eigenvalue weighted by atomic mass is 19.1. The molecule has 0 atom stereocenters. The molecule has 1 saturated heterocycles. The second kappa shape index (κ2) is 9.43. The average molecular weight is 483 g/mol. The first-order valence-electron chi connectivity index (χ1n) is 11.9. The molecule has 8 nitrogen and oxygen atoms in total. The topological polar surface area (TPSA) is 94.3 Å². The maximum Gasteiger partial charge on any atom is 0.254 e. The molecule has 3 aromatic heterocycles. The number of pyridine rings is 1. The van der Waals surface area contributed by atoms with E-state index in [1.54, 1.807) is 29.2 Å². The van der Waals surface area contributed by atoms with Crippen LogP contribution in [-0.4, -0.2) is 49.7 Å². The van der Waals surface area contributed by atoms with Crippen LogP contribution in [0.3, 0.4) is 0 Å². The summed E-state index contributed by atoms with van der Waals surface area (Å²) in [6, 6.07) is 14.6. The molecule has 0 unspecified atom stereocenters. The van der Waals surface area contributed by atoms with Crippen molar-refractivity contribution in [2.45, 2.75) is 25.3 Å². The molecule has 4 heterocycles. The summed E-state index contributed by atoms with van der Waals surface area (Å²) in [6.45, 7) is 1.20. The number of rotatable bonds is 5. The van der Waals surface area contributed by atoms with Gasteiger partial charge in [-0.25, -0.2) is 18.9 Å². The number of carbonyl (C=O) groups excluding carboxylic acids is 1. The second-order valence-electron chi connectivity index (χ2n) is 8.87. The third-order valence-corrected chi connectivity index (χ3v) is 6.42. The first kappa shape index (κ1) is 22.2. The lowest BCUT2D eigenvalue weighted by Crippen LogP contribution is -2.39. The van der Waals surface area contributed by atoms with Crippen molar-refractivity contribution in [3.05, 3.63) is 89.8 Å². The van der Waals surface area contributed by atoms with Gasteiger partial charge in [-0.1, -0.05) is 18.2 Å². The van der Waals surface area contributed by atoms with E-state index in [2.05, 4.69) is 31.4 Å². The zero-order chi connectivity index (χ0) is 24.5. The van der Waals surface area contributed by atoms with E-state index in [9.17, 15) is 9.18 Å². The van der Waals surface area contributed by atoms with E-state index in [-0.39, 0.29) is 11.6 Å². The Bertz CT molecular complexity index is 1580. The number of ether oxygens (including phenoxy) is 1. The molecule has 2 aromatic carbocycles. The van der Waals surface area contributed by atoms with Crippen LogP contribution in [-0.2, 0) is 11.2 Å². The van der Waals surface area contributed by atoms with Crippen LogP contribution in [0.1, 0.15) is 34.5 Å². The van der Waals surface area contributed by atoms with Crippen LogP contribution in [0.4, 0.5) is 4.39 Å². The van der Waals surface area contributed by atoms with E-state index in [4.69, 9.17) is 4.74 Å². The van der Waals surface area contributed by atoms with Gasteiger partial charge in [0.1, 0.15) is 11.5 Å². The number of amides is 1. The summed E-state index contributed by atoms with van der Waals surface area (Å²) in [5.74, 6) is -0.561. The molecule has 36 heavy (non-hydrogen) atoms. The van der Waals surface area contributed by atoms with Crippen molar-refractivity contribution < 1.29 is 13.9 Å². The molecule has 180 valence electrons. The van der Waals surface area contributed by atoms with Gasteiger partial charge in [0, 0.05) is 42.8 Å². The molecule has 1 N–H and O–H groups in total. The maximum atomic E-state index is 14.9. The van der Waals surface area contributed by atoms with Crippen LogP contribution in [0.15, 0.2) is 67.1 Å². The van der Waals surface area contributed by atoms with Crippen molar-refractivity contribution in [3.63, 3.8) is 0 Å². The summed E-state index contributed by atoms with van der Waals surface area (Å²) >= 11 is 0. The van der Waals surface area contributed by atoms with Gasteiger partial charge >= 0.3 is 0 Å². The molecule has 6 rings (SSSR count). The van der Waals surface area contributed by atoms with Gasteiger partial charge in [0.25, 0.3) is 11.7 Å². The summed E-state index contributed by atoms with van der Waals surface area (Å²) in [5, 5.41) is 8.63. The van der Waals surface area contributed by atoms with E-state index in [1.807, 2.05) is 24.3 Å². The van der Waals surface area contributed by atoms with Crippen LogP contribution in [0, 0.1) is 5.82 Å². The standard InChI is InChI=1S/C27H23FN6O2/c28-23-14-19(4-5-22(23)26(35)32-20-7-10-36-11-8-20)25-16-31-27-30-15-21(34(27)33-25)13-17-3-6-24-18(12-17)2-1-9-29-24/h1-6,9,12,14-16,20H,7-8,10-11,13H2,(H,32,35). The normalized spacial score (nSPS) is 14.4. The smallest absolute Gasteiger partial charge is 0.254 e. The number of nitrogens with zero attached hydrogens (tertiary/aromatic N) is 5. The Morgan fingerprint density at radius 3 is 2.78 bits per heavy atom. The molecule has 1 fully saturated rings. The van der Waals surface area contributed by atoms with Gasteiger partial charge < -0.3 is 10.1 Å². The number of hydrogen-bond donors (Lipinski definition) is 1. The van der Waals surface area contributed by atoms with Crippen molar-refractivity contribution in [2.75, 3.05) is 13.2 Å². The van der Waals surface area contributed by atoms with Gasteiger partial charge in [-0.2, -0.15) is 5.10 Å². The predicted octanol–water partition coefficient (Wildman–Crippen LogP) is 3.98. The molecule has 0 radical (unpaired) electrons. The number of carbonyl (C=O) groups is 1.